The number of pyridine rings is 1. The van der Waals surface area contributed by atoms with Crippen molar-refractivity contribution in [1.29, 1.82) is 0 Å². The van der Waals surface area contributed by atoms with E-state index in [2.05, 4.69) is 23.7 Å². The maximum Gasteiger partial charge on any atom is 0.272 e. The van der Waals surface area contributed by atoms with Crippen molar-refractivity contribution in [3.63, 3.8) is 0 Å². The second kappa shape index (κ2) is 8.66. The van der Waals surface area contributed by atoms with Gasteiger partial charge in [0.15, 0.2) is 0 Å². The van der Waals surface area contributed by atoms with Crippen molar-refractivity contribution in [3.8, 4) is 0 Å². The fraction of sp³-hybridized carbons (Fsp3) is 0.611. The average molecular weight is 332 g/mol. The van der Waals surface area contributed by atoms with Crippen molar-refractivity contribution < 1.29 is 9.59 Å². The lowest BCUT2D eigenvalue weighted by atomic mass is 10.2. The molecule has 1 aromatic heterocycles. The number of hydrogen-bond acceptors (Lipinski definition) is 4. The first-order valence-corrected chi connectivity index (χ1v) is 8.82. The minimum Gasteiger partial charge on any atom is -0.370 e. The molecule has 0 aliphatic carbocycles. The lowest BCUT2D eigenvalue weighted by Crippen LogP contribution is -2.50. The van der Waals surface area contributed by atoms with E-state index >= 15 is 0 Å². The van der Waals surface area contributed by atoms with E-state index in [0.717, 1.165) is 31.6 Å². The predicted molar refractivity (Wildman–Crippen MR) is 95.2 cm³/mol. The normalized spacial score (nSPS) is 14.6. The van der Waals surface area contributed by atoms with Crippen LogP contribution in [-0.2, 0) is 4.79 Å². The number of amides is 2. The lowest BCUT2D eigenvalue weighted by Gasteiger charge is -2.34. The smallest absolute Gasteiger partial charge is 0.272 e. The Morgan fingerprint density at radius 3 is 2.08 bits per heavy atom. The molecule has 2 rings (SSSR count). The number of rotatable bonds is 6. The average Bonchev–Trinajstić information content (AvgIpc) is 2.61. The van der Waals surface area contributed by atoms with Gasteiger partial charge in [-0.3, -0.25) is 9.59 Å². The number of hydrogen-bond donors (Lipinski definition) is 0. The minimum absolute atomic E-state index is 0.0534. The fourth-order valence-corrected chi connectivity index (χ4v) is 3.00. The zero-order chi connectivity index (χ0) is 17.5. The predicted octanol–water partition coefficient (Wildman–Crippen LogP) is 2.01. The van der Waals surface area contributed by atoms with Crippen LogP contribution in [0.1, 0.15) is 44.1 Å². The summed E-state index contributed by atoms with van der Waals surface area (Å²) in [6.45, 7) is 10.2. The summed E-state index contributed by atoms with van der Waals surface area (Å²) in [4.78, 5) is 34.1. The second-order valence-electron chi connectivity index (χ2n) is 6.19. The van der Waals surface area contributed by atoms with Crippen LogP contribution in [0.5, 0.6) is 0 Å². The Kier molecular flexibility index (Phi) is 6.58. The molecule has 0 aromatic carbocycles. The fourth-order valence-electron chi connectivity index (χ4n) is 3.00. The molecule has 0 unspecified atom stereocenters. The van der Waals surface area contributed by atoms with Crippen LogP contribution in [0.25, 0.3) is 0 Å². The number of piperazine rings is 1. The SMILES string of the molecule is CCCN(CCC)c1ccc(C(=O)N2CCN(C(C)=O)CC2)nc1. The van der Waals surface area contributed by atoms with Gasteiger partial charge in [-0.1, -0.05) is 13.8 Å². The molecule has 0 saturated carbocycles. The van der Waals surface area contributed by atoms with E-state index in [1.807, 2.05) is 12.1 Å². The molecule has 6 heteroatoms. The molecule has 1 saturated heterocycles. The van der Waals surface area contributed by atoms with E-state index < -0.39 is 0 Å². The van der Waals surface area contributed by atoms with E-state index in [4.69, 9.17) is 0 Å². The molecule has 1 aliphatic heterocycles. The van der Waals surface area contributed by atoms with Crippen LogP contribution >= 0.6 is 0 Å². The van der Waals surface area contributed by atoms with Gasteiger partial charge < -0.3 is 14.7 Å². The quantitative estimate of drug-likeness (QED) is 0.800. The van der Waals surface area contributed by atoms with Crippen LogP contribution in [-0.4, -0.2) is 65.9 Å². The van der Waals surface area contributed by atoms with Crippen LogP contribution in [0.15, 0.2) is 18.3 Å². The summed E-state index contributed by atoms with van der Waals surface area (Å²) in [7, 11) is 0. The summed E-state index contributed by atoms with van der Waals surface area (Å²) < 4.78 is 0. The van der Waals surface area contributed by atoms with Crippen LogP contribution in [0.3, 0.4) is 0 Å². The highest BCUT2D eigenvalue weighted by atomic mass is 16.2. The highest BCUT2D eigenvalue weighted by Crippen LogP contribution is 2.15. The van der Waals surface area contributed by atoms with Gasteiger partial charge in [-0.2, -0.15) is 0 Å². The third-order valence-electron chi connectivity index (χ3n) is 4.33. The van der Waals surface area contributed by atoms with E-state index in [1.165, 1.54) is 0 Å². The Bertz CT molecular complexity index is 545. The highest BCUT2D eigenvalue weighted by Gasteiger charge is 2.24. The summed E-state index contributed by atoms with van der Waals surface area (Å²) in [6.07, 6.45) is 3.96. The summed E-state index contributed by atoms with van der Waals surface area (Å²) in [5.74, 6) is 0.0128. The van der Waals surface area contributed by atoms with E-state index in [9.17, 15) is 9.59 Å². The Balaban J connectivity index is 1.99. The van der Waals surface area contributed by atoms with Crippen LogP contribution in [0.2, 0.25) is 0 Å². The standard InChI is InChI=1S/C18H28N4O2/c1-4-8-21(9-5-2)16-6-7-17(19-14-16)18(24)22-12-10-20(11-13-22)15(3)23/h6-7,14H,4-5,8-13H2,1-3H3. The number of anilines is 1. The molecule has 24 heavy (non-hydrogen) atoms. The van der Waals surface area contributed by atoms with Gasteiger partial charge in [0.1, 0.15) is 5.69 Å². The zero-order valence-corrected chi connectivity index (χ0v) is 15.0. The summed E-state index contributed by atoms with van der Waals surface area (Å²) in [5.41, 5.74) is 1.54. The number of carbonyl (C=O) groups is 2. The molecular formula is C18H28N4O2. The maximum atomic E-state index is 12.6. The van der Waals surface area contributed by atoms with Gasteiger partial charge in [-0.15, -0.1) is 0 Å². The molecule has 0 bridgehead atoms. The molecular weight excluding hydrogens is 304 g/mol. The first-order valence-electron chi connectivity index (χ1n) is 8.82. The van der Waals surface area contributed by atoms with Crippen molar-refractivity contribution in [2.75, 3.05) is 44.2 Å². The number of aromatic nitrogens is 1. The van der Waals surface area contributed by atoms with Gasteiger partial charge in [0.2, 0.25) is 5.91 Å². The van der Waals surface area contributed by atoms with Crippen molar-refractivity contribution in [2.45, 2.75) is 33.6 Å². The molecule has 0 atom stereocenters. The first kappa shape index (κ1) is 18.2. The molecule has 1 fully saturated rings. The van der Waals surface area contributed by atoms with E-state index in [1.54, 1.807) is 22.9 Å². The van der Waals surface area contributed by atoms with Gasteiger partial charge in [0.05, 0.1) is 11.9 Å². The molecule has 0 radical (unpaired) electrons. The summed E-state index contributed by atoms with van der Waals surface area (Å²) in [6, 6.07) is 3.80. The summed E-state index contributed by atoms with van der Waals surface area (Å²) >= 11 is 0. The van der Waals surface area contributed by atoms with Gasteiger partial charge in [-0.05, 0) is 25.0 Å². The molecule has 132 valence electrons. The molecule has 6 nitrogen and oxygen atoms in total. The Hall–Kier alpha value is -2.11. The second-order valence-corrected chi connectivity index (χ2v) is 6.19. The van der Waals surface area contributed by atoms with Crippen molar-refractivity contribution >= 4 is 17.5 Å². The topological polar surface area (TPSA) is 56.8 Å². The van der Waals surface area contributed by atoms with Crippen molar-refractivity contribution in [3.05, 3.63) is 24.0 Å². The van der Waals surface area contributed by atoms with Crippen LogP contribution in [0.4, 0.5) is 5.69 Å². The minimum atomic E-state index is -0.0534. The molecule has 0 N–H and O–H groups in total. The van der Waals surface area contributed by atoms with Crippen LogP contribution in [0, 0.1) is 0 Å². The first-order chi connectivity index (χ1) is 11.6. The third-order valence-corrected chi connectivity index (χ3v) is 4.33. The van der Waals surface area contributed by atoms with Gasteiger partial charge >= 0.3 is 0 Å². The molecule has 2 amide bonds. The van der Waals surface area contributed by atoms with Gasteiger partial charge in [0.25, 0.3) is 5.91 Å². The Labute approximate surface area is 144 Å². The molecule has 0 spiro atoms. The zero-order valence-electron chi connectivity index (χ0n) is 15.0. The Morgan fingerprint density at radius 2 is 1.62 bits per heavy atom. The number of nitrogens with zero attached hydrogens (tertiary/aromatic N) is 4. The largest absolute Gasteiger partial charge is 0.370 e. The lowest BCUT2D eigenvalue weighted by molar-refractivity contribution is -0.130. The number of carbonyl (C=O) groups excluding carboxylic acids is 2. The van der Waals surface area contributed by atoms with Gasteiger partial charge in [0, 0.05) is 46.2 Å². The molecule has 1 aromatic rings. The Morgan fingerprint density at radius 1 is 1.04 bits per heavy atom. The van der Waals surface area contributed by atoms with Crippen molar-refractivity contribution in [1.82, 2.24) is 14.8 Å². The van der Waals surface area contributed by atoms with Crippen molar-refractivity contribution in [2.24, 2.45) is 0 Å². The third kappa shape index (κ3) is 4.46. The molecule has 2 heterocycles. The summed E-state index contributed by atoms with van der Waals surface area (Å²) in [5, 5.41) is 0. The maximum absolute atomic E-state index is 12.6. The van der Waals surface area contributed by atoms with E-state index in [-0.39, 0.29) is 11.8 Å². The van der Waals surface area contributed by atoms with E-state index in [0.29, 0.717) is 31.9 Å². The van der Waals surface area contributed by atoms with Gasteiger partial charge in [-0.25, -0.2) is 4.98 Å². The monoisotopic (exact) mass is 332 g/mol. The molecule has 1 aliphatic rings. The van der Waals surface area contributed by atoms with Crippen LogP contribution < -0.4 is 4.90 Å². The highest BCUT2D eigenvalue weighted by molar-refractivity contribution is 5.92.